The molecule has 0 saturated heterocycles. The fourth-order valence-electron chi connectivity index (χ4n) is 14.4. The smallest absolute Gasteiger partial charge is 0.0868 e. The fourth-order valence-corrected chi connectivity index (χ4v) is 25.0. The molecule has 0 fully saturated rings. The molecule has 3 heteroatoms. The molecule has 2 aromatic carbocycles. The zero-order valence-electron chi connectivity index (χ0n) is 46.1. The second-order valence-electron chi connectivity index (χ2n) is 24.7. The van der Waals surface area contributed by atoms with Crippen molar-refractivity contribution >= 4 is 48.3 Å². The van der Waals surface area contributed by atoms with E-state index in [-0.39, 0.29) is 0 Å². The van der Waals surface area contributed by atoms with Gasteiger partial charge in [0.25, 0.3) is 0 Å². The van der Waals surface area contributed by atoms with Crippen LogP contribution in [0.4, 0.5) is 0 Å². The van der Waals surface area contributed by atoms with E-state index < -0.39 is 16.1 Å². The highest BCUT2D eigenvalue weighted by Crippen LogP contribution is 2.35. The third-order valence-electron chi connectivity index (χ3n) is 19.0. The molecule has 0 radical (unpaired) electrons. The Morgan fingerprint density at radius 2 is 0.362 bits per heavy atom. The Morgan fingerprint density at radius 3 is 0.536 bits per heavy atom. The minimum absolute atomic E-state index is 1.47. The van der Waals surface area contributed by atoms with Gasteiger partial charge in [0, 0.05) is 21.8 Å². The minimum atomic E-state index is -1.71. The Hall–Kier alpha value is -1.33. The van der Waals surface area contributed by atoms with Crippen LogP contribution in [-0.2, 0) is 0 Å². The summed E-state index contributed by atoms with van der Waals surface area (Å²) in [5, 5.41) is 6.67. The van der Waals surface area contributed by atoms with E-state index in [2.05, 4.69) is 41.4 Å². The normalized spacial score (nSPS) is 26.7. The van der Waals surface area contributed by atoms with Gasteiger partial charge in [-0.2, -0.15) is 0 Å². The number of rotatable bonds is 0. The Labute approximate surface area is 431 Å². The molecule has 0 aliphatic carbocycles. The first-order valence-corrected chi connectivity index (χ1v) is 37.6. The molecule has 0 amide bonds. The van der Waals surface area contributed by atoms with E-state index in [9.17, 15) is 0 Å². The Kier molecular flexibility index (Phi) is 29.5. The molecule has 69 heavy (non-hydrogen) atoms. The molecule has 0 unspecified atom stereocenters. The predicted molar refractivity (Wildman–Crippen MR) is 317 cm³/mol. The number of hydrogen-bond acceptors (Lipinski definition) is 0. The molecule has 4 heterocycles. The molecule has 1 nitrogen and oxygen atoms in total. The first kappa shape index (κ1) is 57.0. The fraction of sp³-hybridized carbons (Fsp3) is 0.818. The van der Waals surface area contributed by atoms with Crippen LogP contribution in [0.15, 0.2) is 36.4 Å². The number of nitrogens with one attached hydrogen (secondary N) is 1. The highest BCUT2D eigenvalue weighted by Gasteiger charge is 2.36. The van der Waals surface area contributed by atoms with Gasteiger partial charge in [0.15, 0.2) is 0 Å². The Morgan fingerprint density at radius 1 is 0.203 bits per heavy atom. The van der Waals surface area contributed by atoms with Gasteiger partial charge in [-0.05, 0) is 12.1 Å². The standard InChI is InChI=1S/C66H115NSi2/c1-2-8-14-20-26-32-38-44-54-69-57-47-41-35-29-23-17-11-5-3-9-15-21-27-33-39-45-55-68(53-43-37-31-25-19-13-7-1,61-49-51-63-64-52-50-62(69)60-66(64)67-65(63)59-61)56-46-40-34-28-22-16-10-4-6-12-18-24-30-36-42-48-58-69/h49-52,59-60,67H,1-48,53-58H2. The van der Waals surface area contributed by atoms with E-state index in [1.54, 1.807) is 0 Å². The monoisotopic (exact) mass is 978 g/mol. The molecular formula is C66H115NSi2. The zero-order valence-corrected chi connectivity index (χ0v) is 48.1. The molecule has 3 aromatic rings. The molecule has 0 saturated carbocycles. The van der Waals surface area contributed by atoms with Crippen LogP contribution in [0.25, 0.3) is 21.8 Å². The van der Waals surface area contributed by atoms with Gasteiger partial charge >= 0.3 is 0 Å². The largest absolute Gasteiger partial charge is 0.355 e. The van der Waals surface area contributed by atoms with Crippen molar-refractivity contribution in [2.75, 3.05) is 0 Å². The van der Waals surface area contributed by atoms with E-state index in [0.29, 0.717) is 0 Å². The van der Waals surface area contributed by atoms with Crippen molar-refractivity contribution in [3.05, 3.63) is 36.4 Å². The minimum Gasteiger partial charge on any atom is -0.355 e. The zero-order chi connectivity index (χ0) is 47.6. The maximum Gasteiger partial charge on any atom is 0.0868 e. The van der Waals surface area contributed by atoms with Crippen LogP contribution in [0.2, 0.25) is 36.3 Å². The highest BCUT2D eigenvalue weighted by atomic mass is 28.3. The lowest BCUT2D eigenvalue weighted by Crippen LogP contribution is -2.47. The number of aromatic amines is 1. The second-order valence-corrected chi connectivity index (χ2v) is 34.0. The van der Waals surface area contributed by atoms with Crippen molar-refractivity contribution in [1.82, 2.24) is 4.98 Å². The predicted octanol–water partition coefficient (Wildman–Crippen LogP) is 22.4. The van der Waals surface area contributed by atoms with Crippen molar-refractivity contribution in [3.63, 3.8) is 0 Å². The number of fused-ring (bicyclic) bond motifs is 1. The van der Waals surface area contributed by atoms with Gasteiger partial charge in [-0.15, -0.1) is 0 Å². The van der Waals surface area contributed by atoms with Crippen molar-refractivity contribution in [1.29, 1.82) is 0 Å². The molecule has 3 aliphatic heterocycles. The summed E-state index contributed by atoms with van der Waals surface area (Å²) in [7, 11) is -3.43. The highest BCUT2D eigenvalue weighted by molar-refractivity contribution is 6.92. The van der Waals surface area contributed by atoms with Gasteiger partial charge in [0.1, 0.15) is 0 Å². The summed E-state index contributed by atoms with van der Waals surface area (Å²) in [4.78, 5) is 4.24. The van der Waals surface area contributed by atoms with Crippen LogP contribution in [0.3, 0.4) is 0 Å². The summed E-state index contributed by atoms with van der Waals surface area (Å²) in [6.45, 7) is 0. The lowest BCUT2D eigenvalue weighted by molar-refractivity contribution is 0.528. The average Bonchev–Trinajstić information content (AvgIpc) is 3.73. The van der Waals surface area contributed by atoms with Gasteiger partial charge in [-0.1, -0.05) is 379 Å². The molecule has 1 N–H and O–H groups in total. The number of hydrogen-bond donors (Lipinski definition) is 1. The first-order valence-electron chi connectivity index (χ1n) is 32.3. The van der Waals surface area contributed by atoms with Crippen LogP contribution >= 0.6 is 0 Å². The Balaban J connectivity index is 1.35. The van der Waals surface area contributed by atoms with Crippen LogP contribution < -0.4 is 10.4 Å². The van der Waals surface area contributed by atoms with E-state index in [1.165, 1.54) is 366 Å². The van der Waals surface area contributed by atoms with Crippen LogP contribution in [0.5, 0.6) is 0 Å². The summed E-state index contributed by atoms with van der Waals surface area (Å²) < 4.78 is 0. The lowest BCUT2D eigenvalue weighted by Gasteiger charge is -2.33. The van der Waals surface area contributed by atoms with E-state index >= 15 is 0 Å². The summed E-state index contributed by atoms with van der Waals surface area (Å²) in [5.74, 6) is 0. The third-order valence-corrected chi connectivity index (χ3v) is 29.9. The summed E-state index contributed by atoms with van der Waals surface area (Å²) >= 11 is 0. The van der Waals surface area contributed by atoms with Crippen molar-refractivity contribution in [3.8, 4) is 0 Å². The van der Waals surface area contributed by atoms with Gasteiger partial charge in [0.2, 0.25) is 0 Å². The quantitative estimate of drug-likeness (QED) is 0.216. The summed E-state index contributed by atoms with van der Waals surface area (Å²) in [6.07, 6.45) is 70.9. The molecule has 0 spiro atoms. The van der Waals surface area contributed by atoms with E-state index in [1.807, 2.05) is 10.4 Å². The van der Waals surface area contributed by atoms with Crippen LogP contribution in [0.1, 0.15) is 308 Å². The number of H-pyrrole nitrogens is 1. The summed E-state index contributed by atoms with van der Waals surface area (Å²) in [6, 6.07) is 25.5. The van der Waals surface area contributed by atoms with Crippen molar-refractivity contribution in [2.45, 2.75) is 344 Å². The third kappa shape index (κ3) is 21.6. The molecule has 392 valence electrons. The molecule has 0 atom stereocenters. The van der Waals surface area contributed by atoms with Crippen LogP contribution in [-0.4, -0.2) is 21.1 Å². The molecule has 1 aromatic heterocycles. The molecule has 3 aliphatic rings. The average molecular weight is 979 g/mol. The van der Waals surface area contributed by atoms with E-state index in [0.717, 1.165) is 0 Å². The molecule has 6 bridgehead atoms. The van der Waals surface area contributed by atoms with Crippen LogP contribution in [0, 0.1) is 0 Å². The lowest BCUT2D eigenvalue weighted by atomic mass is 10.0. The maximum absolute atomic E-state index is 4.24. The van der Waals surface area contributed by atoms with Gasteiger partial charge in [0.05, 0.1) is 16.1 Å². The summed E-state index contributed by atoms with van der Waals surface area (Å²) in [5.41, 5.74) is 2.94. The van der Waals surface area contributed by atoms with Gasteiger partial charge < -0.3 is 4.98 Å². The maximum atomic E-state index is 4.24. The number of benzene rings is 2. The molecule has 6 rings (SSSR count). The SMILES string of the molecule is c1cc2c3cc1[Si]14CCCCCCCCCCCCCCCCCC[Si](CCCCCCCCCCCCCCCCCC1)(CCCCCCCCCCCCCCCCCC4)c1ccc2c(c1)[nH]3. The van der Waals surface area contributed by atoms with Crippen molar-refractivity contribution in [2.24, 2.45) is 0 Å². The molecular weight excluding hydrogens is 863 g/mol. The Bertz CT molecular complexity index is 1480. The second kappa shape index (κ2) is 35.8. The first-order chi connectivity index (χ1) is 34.3. The van der Waals surface area contributed by atoms with Gasteiger partial charge in [-0.3, -0.25) is 0 Å². The van der Waals surface area contributed by atoms with Crippen molar-refractivity contribution < 1.29 is 0 Å². The van der Waals surface area contributed by atoms with E-state index in [4.69, 9.17) is 0 Å². The van der Waals surface area contributed by atoms with Gasteiger partial charge in [-0.25, -0.2) is 0 Å². The number of aromatic nitrogens is 1. The topological polar surface area (TPSA) is 15.8 Å².